The lowest BCUT2D eigenvalue weighted by Gasteiger charge is -2.21. The highest BCUT2D eigenvalue weighted by Gasteiger charge is 2.18. The second-order valence-electron chi connectivity index (χ2n) is 5.68. The van der Waals surface area contributed by atoms with Gasteiger partial charge in [0.2, 0.25) is 0 Å². The third-order valence-corrected chi connectivity index (χ3v) is 5.61. The Kier molecular flexibility index (Phi) is 6.20. The van der Waals surface area contributed by atoms with Crippen molar-refractivity contribution in [2.45, 2.75) is 49.5 Å². The predicted molar refractivity (Wildman–Crippen MR) is 82.9 cm³/mol. The zero-order valence-corrected chi connectivity index (χ0v) is 12.8. The lowest BCUT2D eigenvalue weighted by Crippen LogP contribution is -2.15. The van der Waals surface area contributed by atoms with Gasteiger partial charge in [0, 0.05) is 10.6 Å². The fourth-order valence-electron chi connectivity index (χ4n) is 2.85. The molecule has 112 valence electrons. The molecule has 0 heterocycles. The fraction of sp³-hybridized carbons (Fsp3) is 0.625. The molecule has 2 rings (SSSR count). The molecule has 1 aromatic carbocycles. The molecule has 3 nitrogen and oxygen atoms in total. The molecule has 0 aromatic heterocycles. The molecule has 2 unspecified atom stereocenters. The topological polar surface area (TPSA) is 63.3 Å². The van der Waals surface area contributed by atoms with E-state index in [1.807, 2.05) is 24.3 Å². The first kappa shape index (κ1) is 15.7. The molecule has 1 aromatic rings. The number of aliphatic hydroxyl groups excluding tert-OH is 1. The van der Waals surface area contributed by atoms with Crippen LogP contribution in [0, 0.1) is 5.92 Å². The van der Waals surface area contributed by atoms with Gasteiger partial charge in [-0.2, -0.15) is 0 Å². The number of rotatable bonds is 6. The maximum Gasteiger partial charge on any atom is 0.0802 e. The summed E-state index contributed by atoms with van der Waals surface area (Å²) >= 11 is 0. The second-order valence-corrected chi connectivity index (χ2v) is 7.18. The Labute approximate surface area is 124 Å². The van der Waals surface area contributed by atoms with Gasteiger partial charge in [-0.1, -0.05) is 31.4 Å². The summed E-state index contributed by atoms with van der Waals surface area (Å²) in [5, 5.41) is 9.97. The van der Waals surface area contributed by atoms with Crippen LogP contribution in [-0.2, 0) is 10.8 Å². The minimum Gasteiger partial charge on any atom is -0.388 e. The van der Waals surface area contributed by atoms with Crippen molar-refractivity contribution in [3.8, 4) is 0 Å². The van der Waals surface area contributed by atoms with Crippen LogP contribution in [0.5, 0.6) is 0 Å². The van der Waals surface area contributed by atoms with Crippen LogP contribution in [0.25, 0.3) is 0 Å². The van der Waals surface area contributed by atoms with E-state index in [2.05, 4.69) is 0 Å². The first-order valence-electron chi connectivity index (χ1n) is 7.57. The van der Waals surface area contributed by atoms with E-state index in [-0.39, 0.29) is 0 Å². The maximum absolute atomic E-state index is 12.5. The zero-order valence-electron chi connectivity index (χ0n) is 12.0. The molecular weight excluding hydrogens is 270 g/mol. The summed E-state index contributed by atoms with van der Waals surface area (Å²) in [6.45, 7) is 0.455. The molecule has 3 N–H and O–H groups in total. The average molecular weight is 295 g/mol. The number of hydrogen-bond acceptors (Lipinski definition) is 3. The van der Waals surface area contributed by atoms with Crippen molar-refractivity contribution in [3.63, 3.8) is 0 Å². The van der Waals surface area contributed by atoms with Crippen molar-refractivity contribution in [1.29, 1.82) is 0 Å². The Balaban J connectivity index is 2.00. The van der Waals surface area contributed by atoms with Gasteiger partial charge < -0.3 is 10.8 Å². The largest absolute Gasteiger partial charge is 0.388 e. The summed E-state index contributed by atoms with van der Waals surface area (Å²) in [7, 11) is -0.954. The van der Waals surface area contributed by atoms with Gasteiger partial charge in [0.25, 0.3) is 0 Å². The minimum absolute atomic E-state index is 0.455. The fourth-order valence-corrected chi connectivity index (χ4v) is 4.30. The van der Waals surface area contributed by atoms with Crippen LogP contribution in [0.1, 0.15) is 50.2 Å². The van der Waals surface area contributed by atoms with Crippen LogP contribution >= 0.6 is 0 Å². The maximum atomic E-state index is 12.5. The van der Waals surface area contributed by atoms with Gasteiger partial charge in [-0.05, 0) is 49.4 Å². The normalized spacial score (nSPS) is 19.7. The molecule has 1 aliphatic rings. The van der Waals surface area contributed by atoms with Gasteiger partial charge in [0.15, 0.2) is 0 Å². The highest BCUT2D eigenvalue weighted by atomic mass is 32.2. The molecule has 1 fully saturated rings. The molecule has 0 radical (unpaired) electrons. The van der Waals surface area contributed by atoms with Crippen molar-refractivity contribution in [2.24, 2.45) is 11.7 Å². The standard InChI is InChI=1S/C16H25NO2S/c17-10-9-16(18)14-7-4-8-15(11-14)20(19)12-13-5-2-1-3-6-13/h4,7-8,11,13,16,18H,1-3,5-6,9-10,12,17H2. The zero-order chi connectivity index (χ0) is 14.4. The summed E-state index contributed by atoms with van der Waals surface area (Å²) in [5.41, 5.74) is 6.29. The van der Waals surface area contributed by atoms with Crippen LogP contribution in [0.3, 0.4) is 0 Å². The summed E-state index contributed by atoms with van der Waals surface area (Å²) < 4.78 is 12.5. The van der Waals surface area contributed by atoms with Crippen molar-refractivity contribution in [2.75, 3.05) is 12.3 Å². The average Bonchev–Trinajstić information content (AvgIpc) is 2.48. The van der Waals surface area contributed by atoms with Crippen molar-refractivity contribution in [3.05, 3.63) is 29.8 Å². The van der Waals surface area contributed by atoms with E-state index in [9.17, 15) is 9.32 Å². The Bertz CT molecular complexity index is 444. The van der Waals surface area contributed by atoms with Gasteiger partial charge >= 0.3 is 0 Å². The predicted octanol–water partition coefficient (Wildman–Crippen LogP) is 2.76. The summed E-state index contributed by atoms with van der Waals surface area (Å²) in [6.07, 6.45) is 6.28. The summed E-state index contributed by atoms with van der Waals surface area (Å²) in [4.78, 5) is 0.837. The first-order chi connectivity index (χ1) is 9.70. The van der Waals surface area contributed by atoms with E-state index in [4.69, 9.17) is 5.73 Å². The second kappa shape index (κ2) is 7.91. The SMILES string of the molecule is NCCC(O)c1cccc(S(=O)CC2CCCCC2)c1. The molecule has 20 heavy (non-hydrogen) atoms. The highest BCUT2D eigenvalue weighted by molar-refractivity contribution is 7.85. The monoisotopic (exact) mass is 295 g/mol. The van der Waals surface area contributed by atoms with Crippen LogP contribution in [-0.4, -0.2) is 21.6 Å². The lowest BCUT2D eigenvalue weighted by molar-refractivity contribution is 0.170. The van der Waals surface area contributed by atoms with Gasteiger partial charge in [-0.3, -0.25) is 4.21 Å². The molecule has 0 aliphatic heterocycles. The molecule has 1 aliphatic carbocycles. The van der Waals surface area contributed by atoms with E-state index in [0.717, 1.165) is 16.2 Å². The van der Waals surface area contributed by atoms with Crippen LogP contribution in [0.4, 0.5) is 0 Å². The third-order valence-electron chi connectivity index (χ3n) is 4.06. The Morgan fingerprint density at radius 3 is 2.75 bits per heavy atom. The molecule has 0 amide bonds. The summed E-state index contributed by atoms with van der Waals surface area (Å²) in [5.74, 6) is 1.36. The third kappa shape index (κ3) is 4.40. The van der Waals surface area contributed by atoms with Crippen molar-refractivity contribution in [1.82, 2.24) is 0 Å². The van der Waals surface area contributed by atoms with Crippen molar-refractivity contribution >= 4 is 10.8 Å². The van der Waals surface area contributed by atoms with Crippen LogP contribution < -0.4 is 5.73 Å². The van der Waals surface area contributed by atoms with E-state index in [1.165, 1.54) is 32.1 Å². The van der Waals surface area contributed by atoms with Gasteiger partial charge in [0.1, 0.15) is 0 Å². The highest BCUT2D eigenvalue weighted by Crippen LogP contribution is 2.26. The van der Waals surface area contributed by atoms with Gasteiger partial charge in [-0.25, -0.2) is 0 Å². The molecule has 1 saturated carbocycles. The molecular formula is C16H25NO2S. The first-order valence-corrected chi connectivity index (χ1v) is 8.89. The van der Waals surface area contributed by atoms with E-state index < -0.39 is 16.9 Å². The molecule has 4 heteroatoms. The van der Waals surface area contributed by atoms with Gasteiger partial charge in [-0.15, -0.1) is 0 Å². The Morgan fingerprint density at radius 1 is 1.30 bits per heavy atom. The van der Waals surface area contributed by atoms with E-state index in [1.54, 1.807) is 0 Å². The lowest BCUT2D eigenvalue weighted by atomic mass is 9.91. The molecule has 0 bridgehead atoms. The minimum atomic E-state index is -0.954. The quantitative estimate of drug-likeness (QED) is 0.848. The number of nitrogens with two attached hydrogens (primary N) is 1. The number of hydrogen-bond donors (Lipinski definition) is 2. The molecule has 0 spiro atoms. The van der Waals surface area contributed by atoms with Gasteiger partial charge in [0.05, 0.1) is 16.9 Å². The van der Waals surface area contributed by atoms with E-state index in [0.29, 0.717) is 18.9 Å². The smallest absolute Gasteiger partial charge is 0.0802 e. The molecule has 0 saturated heterocycles. The van der Waals surface area contributed by atoms with Crippen molar-refractivity contribution < 1.29 is 9.32 Å². The van der Waals surface area contributed by atoms with E-state index >= 15 is 0 Å². The number of benzene rings is 1. The number of aliphatic hydroxyl groups is 1. The summed E-state index contributed by atoms with van der Waals surface area (Å²) in [6, 6.07) is 7.53. The van der Waals surface area contributed by atoms with Crippen LogP contribution in [0.15, 0.2) is 29.2 Å². The van der Waals surface area contributed by atoms with Crippen LogP contribution in [0.2, 0.25) is 0 Å². The molecule has 2 atom stereocenters. The Hall–Kier alpha value is -0.710. The Morgan fingerprint density at radius 2 is 2.05 bits per heavy atom.